The summed E-state index contributed by atoms with van der Waals surface area (Å²) in [5, 5.41) is 0. The van der Waals surface area contributed by atoms with Gasteiger partial charge in [0.25, 0.3) is 0 Å². The number of rotatable bonds is 6. The molecule has 0 aliphatic heterocycles. The van der Waals surface area contributed by atoms with Gasteiger partial charge >= 0.3 is 0 Å². The van der Waals surface area contributed by atoms with Crippen LogP contribution in [0.15, 0.2) is 11.1 Å². The topological polar surface area (TPSA) is 38.4 Å². The first-order chi connectivity index (χ1) is 5.41. The van der Waals surface area contributed by atoms with Gasteiger partial charge in [0.1, 0.15) is 0 Å². The van der Waals surface area contributed by atoms with Crippen molar-refractivity contribution >= 4 is 5.87 Å². The van der Waals surface area contributed by atoms with Gasteiger partial charge in [0.05, 0.1) is 0 Å². The lowest BCUT2D eigenvalue weighted by Crippen LogP contribution is -1.97. The van der Waals surface area contributed by atoms with E-state index in [0.717, 1.165) is 25.9 Å². The molecule has 0 unspecified atom stereocenters. The van der Waals surface area contributed by atoms with E-state index in [-0.39, 0.29) is 0 Å². The summed E-state index contributed by atoms with van der Waals surface area (Å²) in [6.45, 7) is 3.65. The lowest BCUT2D eigenvalue weighted by atomic mass is 10.2. The lowest BCUT2D eigenvalue weighted by molar-refractivity contribution is 0.696. The Morgan fingerprint density at radius 1 is 1.36 bits per heavy atom. The molecule has 0 fully saturated rings. The van der Waals surface area contributed by atoms with E-state index in [1.165, 1.54) is 12.8 Å². The predicted molar refractivity (Wildman–Crippen MR) is 50.1 cm³/mol. The van der Waals surface area contributed by atoms with Crippen molar-refractivity contribution in [2.45, 2.75) is 32.6 Å². The molecule has 0 heterocycles. The van der Waals surface area contributed by atoms with Gasteiger partial charge in [-0.05, 0) is 44.7 Å². The van der Waals surface area contributed by atoms with Crippen molar-refractivity contribution in [3.05, 3.63) is 6.08 Å². The average Bonchev–Trinajstić information content (AvgIpc) is 2.03. The second-order valence-electron chi connectivity index (χ2n) is 2.45. The van der Waals surface area contributed by atoms with E-state index in [0.29, 0.717) is 0 Å². The Morgan fingerprint density at radius 2 is 2.18 bits per heavy atom. The number of unbranched alkanes of at least 4 members (excludes halogenated alkanes) is 3. The summed E-state index contributed by atoms with van der Waals surface area (Å²) in [7, 11) is 0. The summed E-state index contributed by atoms with van der Waals surface area (Å²) < 4.78 is 0. The molecular formula is C9H18N2. The highest BCUT2D eigenvalue weighted by Crippen LogP contribution is 1.97. The van der Waals surface area contributed by atoms with Gasteiger partial charge in [-0.1, -0.05) is 6.42 Å². The Bertz CT molecular complexity index is 124. The zero-order valence-corrected chi connectivity index (χ0v) is 7.34. The van der Waals surface area contributed by atoms with Crippen molar-refractivity contribution in [3.63, 3.8) is 0 Å². The standard InChI is InChI=1S/C9H18N2/c1-2-11-9-7-5-3-4-6-8-10/h7H,2-6,8,10H2,1H3. The predicted octanol–water partition coefficient (Wildman–Crippen LogP) is 1.75. The molecule has 2 N–H and O–H groups in total. The van der Waals surface area contributed by atoms with E-state index in [2.05, 4.69) is 10.9 Å². The van der Waals surface area contributed by atoms with Crippen LogP contribution in [0.1, 0.15) is 32.6 Å². The number of nitrogens with zero attached hydrogens (tertiary/aromatic N) is 1. The van der Waals surface area contributed by atoms with Crippen molar-refractivity contribution in [1.82, 2.24) is 0 Å². The summed E-state index contributed by atoms with van der Waals surface area (Å²) in [5.74, 6) is 2.88. The maximum Gasteiger partial charge on any atom is 0.0455 e. The lowest BCUT2D eigenvalue weighted by Gasteiger charge is -1.91. The molecule has 0 aromatic carbocycles. The van der Waals surface area contributed by atoms with Gasteiger partial charge in [-0.15, -0.1) is 0 Å². The molecular weight excluding hydrogens is 136 g/mol. The Hall–Kier alpha value is -0.590. The van der Waals surface area contributed by atoms with Crippen molar-refractivity contribution < 1.29 is 0 Å². The van der Waals surface area contributed by atoms with E-state index in [4.69, 9.17) is 5.73 Å². The quantitative estimate of drug-likeness (QED) is 0.459. The normalized spacial score (nSPS) is 8.91. The van der Waals surface area contributed by atoms with E-state index >= 15 is 0 Å². The van der Waals surface area contributed by atoms with Gasteiger partial charge in [0.2, 0.25) is 0 Å². The monoisotopic (exact) mass is 154 g/mol. The van der Waals surface area contributed by atoms with Crippen LogP contribution < -0.4 is 5.73 Å². The van der Waals surface area contributed by atoms with E-state index in [1.54, 1.807) is 0 Å². The summed E-state index contributed by atoms with van der Waals surface area (Å²) in [4.78, 5) is 3.96. The van der Waals surface area contributed by atoms with Crippen LogP contribution in [-0.2, 0) is 0 Å². The molecule has 0 atom stereocenters. The molecule has 64 valence electrons. The molecule has 0 aliphatic rings. The summed E-state index contributed by atoms with van der Waals surface area (Å²) in [5.41, 5.74) is 5.35. The molecule has 0 aromatic heterocycles. The third-order valence-corrected chi connectivity index (χ3v) is 1.39. The highest BCUT2D eigenvalue weighted by molar-refractivity contribution is 5.51. The SMILES string of the molecule is CCN=C=CCCCCCN. The van der Waals surface area contributed by atoms with E-state index in [9.17, 15) is 0 Å². The first-order valence-corrected chi connectivity index (χ1v) is 4.35. The molecule has 11 heavy (non-hydrogen) atoms. The number of hydrogen-bond donors (Lipinski definition) is 1. The van der Waals surface area contributed by atoms with Crippen molar-refractivity contribution in [3.8, 4) is 0 Å². The minimum atomic E-state index is 0.812. The van der Waals surface area contributed by atoms with Crippen LogP contribution >= 0.6 is 0 Å². The minimum Gasteiger partial charge on any atom is -0.330 e. The molecule has 0 radical (unpaired) electrons. The maximum absolute atomic E-state index is 5.35. The van der Waals surface area contributed by atoms with Crippen LogP contribution in [0.4, 0.5) is 0 Å². The van der Waals surface area contributed by atoms with Crippen molar-refractivity contribution in [2.75, 3.05) is 13.1 Å². The van der Waals surface area contributed by atoms with Crippen LogP contribution in [0.3, 0.4) is 0 Å². The molecule has 0 rings (SSSR count). The largest absolute Gasteiger partial charge is 0.330 e. The molecule has 0 aliphatic carbocycles. The average molecular weight is 154 g/mol. The highest BCUT2D eigenvalue weighted by Gasteiger charge is 1.82. The van der Waals surface area contributed by atoms with Crippen LogP contribution in [-0.4, -0.2) is 19.0 Å². The van der Waals surface area contributed by atoms with Crippen LogP contribution in [0.2, 0.25) is 0 Å². The second kappa shape index (κ2) is 9.41. The molecule has 0 amide bonds. The summed E-state index contributed by atoms with van der Waals surface area (Å²) >= 11 is 0. The smallest absolute Gasteiger partial charge is 0.0455 e. The van der Waals surface area contributed by atoms with Gasteiger partial charge in [-0.25, -0.2) is 4.99 Å². The van der Waals surface area contributed by atoms with Gasteiger partial charge in [0, 0.05) is 6.54 Å². The number of allylic oxidation sites excluding steroid dienone is 1. The Balaban J connectivity index is 3.07. The summed E-state index contributed by atoms with van der Waals surface area (Å²) in [6.07, 6.45) is 6.66. The molecule has 0 saturated heterocycles. The Kier molecular flexibility index (Phi) is 8.91. The molecule has 0 saturated carbocycles. The van der Waals surface area contributed by atoms with Crippen LogP contribution in [0.25, 0.3) is 0 Å². The van der Waals surface area contributed by atoms with Gasteiger partial charge in [-0.3, -0.25) is 0 Å². The fraction of sp³-hybridized carbons (Fsp3) is 0.778. The zero-order chi connectivity index (χ0) is 8.36. The first-order valence-electron chi connectivity index (χ1n) is 4.35. The third kappa shape index (κ3) is 9.41. The summed E-state index contributed by atoms with van der Waals surface area (Å²) in [6, 6.07) is 0. The Morgan fingerprint density at radius 3 is 2.82 bits per heavy atom. The van der Waals surface area contributed by atoms with Crippen molar-refractivity contribution in [2.24, 2.45) is 10.7 Å². The van der Waals surface area contributed by atoms with Gasteiger partial charge in [-0.2, -0.15) is 0 Å². The zero-order valence-electron chi connectivity index (χ0n) is 7.34. The highest BCUT2D eigenvalue weighted by atomic mass is 14.7. The van der Waals surface area contributed by atoms with E-state index < -0.39 is 0 Å². The fourth-order valence-electron chi connectivity index (χ4n) is 0.788. The minimum absolute atomic E-state index is 0.812. The van der Waals surface area contributed by atoms with Gasteiger partial charge in [0.15, 0.2) is 0 Å². The fourth-order valence-corrected chi connectivity index (χ4v) is 0.788. The first kappa shape index (κ1) is 10.4. The molecule has 0 spiro atoms. The third-order valence-electron chi connectivity index (χ3n) is 1.39. The Labute approximate surface area is 69.2 Å². The molecule has 2 heteroatoms. The molecule has 0 bridgehead atoms. The number of hydrogen-bond acceptors (Lipinski definition) is 2. The molecule has 2 nitrogen and oxygen atoms in total. The molecule has 0 aromatic rings. The van der Waals surface area contributed by atoms with Gasteiger partial charge < -0.3 is 5.73 Å². The number of nitrogens with two attached hydrogens (primary N) is 1. The van der Waals surface area contributed by atoms with E-state index in [1.807, 2.05) is 13.0 Å². The van der Waals surface area contributed by atoms with Crippen LogP contribution in [0, 0.1) is 0 Å². The van der Waals surface area contributed by atoms with Crippen LogP contribution in [0.5, 0.6) is 0 Å². The van der Waals surface area contributed by atoms with Crippen molar-refractivity contribution in [1.29, 1.82) is 0 Å². The number of aliphatic imine (C=N–C) groups is 1. The second-order valence-corrected chi connectivity index (χ2v) is 2.45. The maximum atomic E-state index is 5.35.